The molecule has 0 fully saturated rings. The molecule has 1 unspecified atom stereocenters. The second kappa shape index (κ2) is 6.45. The van der Waals surface area contributed by atoms with Crippen LogP contribution in [0.4, 0.5) is 5.69 Å². The molecule has 0 aromatic heterocycles. The van der Waals surface area contributed by atoms with Gasteiger partial charge in [0.1, 0.15) is 0 Å². The summed E-state index contributed by atoms with van der Waals surface area (Å²) < 4.78 is 0. The van der Waals surface area contributed by atoms with E-state index in [9.17, 15) is 9.59 Å². The Morgan fingerprint density at radius 3 is 2.52 bits per heavy atom. The van der Waals surface area contributed by atoms with E-state index in [-0.39, 0.29) is 0 Å². The molecule has 4 heteroatoms. The van der Waals surface area contributed by atoms with Crippen LogP contribution in [0.25, 0.3) is 0 Å². The van der Waals surface area contributed by atoms with E-state index in [0.29, 0.717) is 17.3 Å². The van der Waals surface area contributed by atoms with Gasteiger partial charge in [0.05, 0.1) is 11.3 Å². The first-order valence-electron chi connectivity index (χ1n) is 8.95. The summed E-state index contributed by atoms with van der Waals surface area (Å²) in [6, 6.07) is 14.9. The molecule has 2 aromatic rings. The average Bonchev–Trinajstić information content (AvgIpc) is 3.14. The molecule has 0 spiro atoms. The molecular formula is C21H22N2O2. The predicted molar refractivity (Wildman–Crippen MR) is 97.7 cm³/mol. The third kappa shape index (κ3) is 2.98. The van der Waals surface area contributed by atoms with Crippen LogP contribution in [0.1, 0.15) is 40.4 Å². The van der Waals surface area contributed by atoms with Gasteiger partial charge in [-0.25, -0.2) is 0 Å². The van der Waals surface area contributed by atoms with Crippen LogP contribution in [0.15, 0.2) is 42.5 Å². The summed E-state index contributed by atoms with van der Waals surface area (Å²) in [6.07, 6.45) is 3.03. The Morgan fingerprint density at radius 2 is 1.80 bits per heavy atom. The molecule has 1 atom stereocenters. The first-order chi connectivity index (χ1) is 12.2. The number of nitrogens with one attached hydrogen (secondary N) is 1. The zero-order valence-electron chi connectivity index (χ0n) is 14.4. The van der Waals surface area contributed by atoms with Crippen molar-refractivity contribution in [2.24, 2.45) is 0 Å². The highest BCUT2D eigenvalue weighted by molar-refractivity contribution is 6.51. The maximum absolute atomic E-state index is 11.9. The SMILES string of the molecule is CCCN(Cc1ccccc1)C1Cc2cc3c(cc2C1)C(=O)C(=O)N3. The maximum Gasteiger partial charge on any atom is 0.296 e. The minimum absolute atomic E-state index is 0.407. The van der Waals surface area contributed by atoms with Crippen LogP contribution in [-0.4, -0.2) is 29.2 Å². The van der Waals surface area contributed by atoms with Crippen LogP contribution in [0.2, 0.25) is 0 Å². The van der Waals surface area contributed by atoms with Gasteiger partial charge in [0.15, 0.2) is 0 Å². The summed E-state index contributed by atoms with van der Waals surface area (Å²) >= 11 is 0. The molecule has 4 rings (SSSR count). The molecule has 1 N–H and O–H groups in total. The van der Waals surface area contributed by atoms with Gasteiger partial charge in [-0.2, -0.15) is 0 Å². The van der Waals surface area contributed by atoms with Crippen molar-refractivity contribution in [3.05, 3.63) is 64.7 Å². The monoisotopic (exact) mass is 334 g/mol. The van der Waals surface area contributed by atoms with Crippen LogP contribution in [0, 0.1) is 0 Å². The molecule has 0 radical (unpaired) electrons. The van der Waals surface area contributed by atoms with Crippen molar-refractivity contribution in [3.8, 4) is 0 Å². The topological polar surface area (TPSA) is 49.4 Å². The van der Waals surface area contributed by atoms with E-state index < -0.39 is 11.7 Å². The molecule has 25 heavy (non-hydrogen) atoms. The molecule has 4 nitrogen and oxygen atoms in total. The van der Waals surface area contributed by atoms with E-state index in [1.165, 1.54) is 16.7 Å². The lowest BCUT2D eigenvalue weighted by Crippen LogP contribution is -2.36. The second-order valence-electron chi connectivity index (χ2n) is 6.97. The summed E-state index contributed by atoms with van der Waals surface area (Å²) in [7, 11) is 0. The highest BCUT2D eigenvalue weighted by atomic mass is 16.2. The van der Waals surface area contributed by atoms with Crippen molar-refractivity contribution in [2.45, 2.75) is 38.8 Å². The van der Waals surface area contributed by atoms with E-state index in [4.69, 9.17) is 0 Å². The van der Waals surface area contributed by atoms with E-state index in [0.717, 1.165) is 32.4 Å². The first kappa shape index (κ1) is 16.0. The maximum atomic E-state index is 11.9. The lowest BCUT2D eigenvalue weighted by atomic mass is 10.0. The van der Waals surface area contributed by atoms with Gasteiger partial charge < -0.3 is 5.32 Å². The smallest absolute Gasteiger partial charge is 0.296 e. The Morgan fingerprint density at radius 1 is 1.08 bits per heavy atom. The third-order valence-corrected chi connectivity index (χ3v) is 5.21. The summed E-state index contributed by atoms with van der Waals surface area (Å²) in [5.74, 6) is -0.914. The Labute approximate surface area is 147 Å². The number of hydrogen-bond acceptors (Lipinski definition) is 3. The Bertz CT molecular complexity index is 829. The van der Waals surface area contributed by atoms with Gasteiger partial charge in [0.25, 0.3) is 11.7 Å². The molecule has 1 amide bonds. The van der Waals surface area contributed by atoms with Crippen molar-refractivity contribution >= 4 is 17.4 Å². The number of Topliss-reactive ketones (excluding diaryl/α,β-unsaturated/α-hetero) is 1. The van der Waals surface area contributed by atoms with Crippen LogP contribution < -0.4 is 5.32 Å². The molecule has 1 heterocycles. The number of rotatable bonds is 5. The molecular weight excluding hydrogens is 312 g/mol. The molecule has 128 valence electrons. The van der Waals surface area contributed by atoms with Crippen LogP contribution in [0.5, 0.6) is 0 Å². The molecule has 0 saturated carbocycles. The Balaban J connectivity index is 1.55. The normalized spacial score (nSPS) is 18.4. The van der Waals surface area contributed by atoms with Gasteiger partial charge in [-0.05, 0) is 54.6 Å². The quantitative estimate of drug-likeness (QED) is 0.854. The second-order valence-corrected chi connectivity index (χ2v) is 6.97. The minimum Gasteiger partial charge on any atom is -0.318 e. The van der Waals surface area contributed by atoms with Gasteiger partial charge in [-0.3, -0.25) is 14.5 Å². The van der Waals surface area contributed by atoms with Crippen LogP contribution in [0.3, 0.4) is 0 Å². The molecule has 1 aliphatic carbocycles. The largest absolute Gasteiger partial charge is 0.318 e. The van der Waals surface area contributed by atoms with Crippen molar-refractivity contribution in [1.82, 2.24) is 4.90 Å². The Hall–Kier alpha value is -2.46. The predicted octanol–water partition coefficient (Wildman–Crippen LogP) is 3.20. The number of carbonyl (C=O) groups excluding carboxylic acids is 2. The first-order valence-corrected chi connectivity index (χ1v) is 8.95. The lowest BCUT2D eigenvalue weighted by molar-refractivity contribution is -0.112. The molecule has 0 bridgehead atoms. The van der Waals surface area contributed by atoms with E-state index in [2.05, 4.69) is 41.4 Å². The lowest BCUT2D eigenvalue weighted by Gasteiger charge is -2.28. The molecule has 0 saturated heterocycles. The minimum atomic E-state index is -0.507. The van der Waals surface area contributed by atoms with Gasteiger partial charge in [-0.1, -0.05) is 37.3 Å². The highest BCUT2D eigenvalue weighted by Crippen LogP contribution is 2.33. The van der Waals surface area contributed by atoms with E-state index in [1.807, 2.05) is 18.2 Å². The number of fused-ring (bicyclic) bond motifs is 2. The van der Waals surface area contributed by atoms with Crippen LogP contribution in [-0.2, 0) is 24.2 Å². The molecule has 1 aliphatic heterocycles. The molecule has 2 aromatic carbocycles. The van der Waals surface area contributed by atoms with Crippen molar-refractivity contribution in [3.63, 3.8) is 0 Å². The summed E-state index contributed by atoms with van der Waals surface area (Å²) in [5, 5.41) is 2.68. The number of benzene rings is 2. The van der Waals surface area contributed by atoms with Gasteiger partial charge in [0.2, 0.25) is 0 Å². The van der Waals surface area contributed by atoms with Crippen molar-refractivity contribution in [2.75, 3.05) is 11.9 Å². The van der Waals surface area contributed by atoms with Crippen LogP contribution >= 0.6 is 0 Å². The molecule has 2 aliphatic rings. The fourth-order valence-corrected chi connectivity index (χ4v) is 4.00. The third-order valence-electron chi connectivity index (χ3n) is 5.21. The fourth-order valence-electron chi connectivity index (χ4n) is 4.00. The number of amides is 1. The van der Waals surface area contributed by atoms with E-state index in [1.54, 1.807) is 0 Å². The zero-order chi connectivity index (χ0) is 17.4. The van der Waals surface area contributed by atoms with Gasteiger partial charge in [-0.15, -0.1) is 0 Å². The Kier molecular flexibility index (Phi) is 4.14. The fraction of sp³-hybridized carbons (Fsp3) is 0.333. The number of nitrogens with zero attached hydrogens (tertiary/aromatic N) is 1. The number of hydrogen-bond donors (Lipinski definition) is 1. The summed E-state index contributed by atoms with van der Waals surface area (Å²) in [6.45, 7) is 4.22. The van der Waals surface area contributed by atoms with E-state index >= 15 is 0 Å². The number of ketones is 1. The summed E-state index contributed by atoms with van der Waals surface area (Å²) in [4.78, 5) is 26.0. The standard InChI is InChI=1S/C21H22N2O2/c1-2-8-23(13-14-6-4-3-5-7-14)17-9-15-11-18-19(12-16(15)10-17)22-21(25)20(18)24/h3-7,11-12,17H,2,8-10,13H2,1H3,(H,22,24,25). The summed E-state index contributed by atoms with van der Waals surface area (Å²) in [5.41, 5.74) is 5.02. The highest BCUT2D eigenvalue weighted by Gasteiger charge is 2.33. The number of anilines is 1. The van der Waals surface area contributed by atoms with Crippen molar-refractivity contribution in [1.29, 1.82) is 0 Å². The van der Waals surface area contributed by atoms with Gasteiger partial charge >= 0.3 is 0 Å². The van der Waals surface area contributed by atoms with Crippen molar-refractivity contribution < 1.29 is 9.59 Å². The number of carbonyl (C=O) groups is 2. The average molecular weight is 334 g/mol. The van der Waals surface area contributed by atoms with Gasteiger partial charge in [0, 0.05) is 12.6 Å². The zero-order valence-corrected chi connectivity index (χ0v) is 14.4.